The van der Waals surface area contributed by atoms with E-state index in [4.69, 9.17) is 4.42 Å². The largest absolute Gasteiger partial charge is 0.412 e. The highest BCUT2D eigenvalue weighted by atomic mass is 127. The van der Waals surface area contributed by atoms with Gasteiger partial charge in [0.1, 0.15) is 11.6 Å². The number of aromatic nitrogens is 2. The summed E-state index contributed by atoms with van der Waals surface area (Å²) in [6.45, 7) is 1.54. The number of hydrogen-bond donors (Lipinski definition) is 0. The second-order valence-corrected chi connectivity index (χ2v) is 3.86. The lowest BCUT2D eigenvalue weighted by atomic mass is 10.1. The molecule has 0 aliphatic carbocycles. The lowest BCUT2D eigenvalue weighted by Gasteiger charge is -2.00. The zero-order chi connectivity index (χ0) is 11.0. The molecule has 0 atom stereocenters. The van der Waals surface area contributed by atoms with E-state index in [9.17, 15) is 8.78 Å². The van der Waals surface area contributed by atoms with Crippen molar-refractivity contribution in [3.63, 3.8) is 0 Å². The number of nitrogens with zero attached hydrogens (tertiary/aromatic N) is 2. The van der Waals surface area contributed by atoms with Crippen molar-refractivity contribution >= 4 is 22.6 Å². The average Bonchev–Trinajstić information content (AvgIpc) is 2.58. The number of rotatable bonds is 1. The first kappa shape index (κ1) is 10.5. The number of aryl methyl sites for hydroxylation is 1. The molecule has 0 radical (unpaired) electrons. The molecule has 78 valence electrons. The van der Waals surface area contributed by atoms with Crippen LogP contribution in [0.1, 0.15) is 5.56 Å². The third kappa shape index (κ3) is 1.99. The molecule has 3 nitrogen and oxygen atoms in total. The van der Waals surface area contributed by atoms with Gasteiger partial charge >= 0.3 is 0 Å². The van der Waals surface area contributed by atoms with E-state index in [-0.39, 0.29) is 11.5 Å². The van der Waals surface area contributed by atoms with Crippen LogP contribution in [0.2, 0.25) is 0 Å². The zero-order valence-electron chi connectivity index (χ0n) is 7.59. The highest BCUT2D eigenvalue weighted by molar-refractivity contribution is 14.1. The van der Waals surface area contributed by atoms with Crippen LogP contribution in [0.15, 0.2) is 16.5 Å². The smallest absolute Gasteiger partial charge is 0.278 e. The average molecular weight is 322 g/mol. The van der Waals surface area contributed by atoms with Gasteiger partial charge in [0.25, 0.3) is 9.79 Å². The Balaban J connectivity index is 2.58. The molecule has 0 unspecified atom stereocenters. The summed E-state index contributed by atoms with van der Waals surface area (Å²) in [4.78, 5) is 0. The maximum absolute atomic E-state index is 13.4. The molecule has 0 N–H and O–H groups in total. The molecular formula is C9H5F2IN2O. The molecule has 0 fully saturated rings. The molecule has 2 aromatic rings. The first-order chi connectivity index (χ1) is 7.08. The second-order valence-electron chi connectivity index (χ2n) is 2.94. The Labute approximate surface area is 97.6 Å². The van der Waals surface area contributed by atoms with Gasteiger partial charge in [0.05, 0.1) is 5.56 Å². The van der Waals surface area contributed by atoms with E-state index in [0.717, 1.165) is 6.07 Å². The van der Waals surface area contributed by atoms with Crippen LogP contribution in [0.25, 0.3) is 11.5 Å². The fraction of sp³-hybridized carbons (Fsp3) is 0.111. The molecule has 1 heterocycles. The van der Waals surface area contributed by atoms with Gasteiger partial charge in [0, 0.05) is 28.7 Å². The Kier molecular flexibility index (Phi) is 2.68. The number of hydrogen-bond acceptors (Lipinski definition) is 3. The van der Waals surface area contributed by atoms with E-state index in [1.54, 1.807) is 6.92 Å². The van der Waals surface area contributed by atoms with E-state index in [1.165, 1.54) is 6.07 Å². The van der Waals surface area contributed by atoms with Crippen LogP contribution in [0, 0.1) is 22.5 Å². The van der Waals surface area contributed by atoms with Crippen LogP contribution in [0.5, 0.6) is 0 Å². The molecule has 0 saturated carbocycles. The van der Waals surface area contributed by atoms with Crippen molar-refractivity contribution in [3.05, 3.63) is 33.2 Å². The van der Waals surface area contributed by atoms with Gasteiger partial charge < -0.3 is 4.42 Å². The molecule has 2 rings (SSSR count). The lowest BCUT2D eigenvalue weighted by Crippen LogP contribution is -1.90. The Hall–Kier alpha value is -1.05. The maximum Gasteiger partial charge on any atom is 0.278 e. The quantitative estimate of drug-likeness (QED) is 0.758. The number of benzene rings is 1. The topological polar surface area (TPSA) is 38.9 Å². The highest BCUT2D eigenvalue weighted by Crippen LogP contribution is 2.24. The van der Waals surface area contributed by atoms with Crippen molar-refractivity contribution in [1.82, 2.24) is 10.2 Å². The molecule has 1 aromatic heterocycles. The summed E-state index contributed by atoms with van der Waals surface area (Å²) in [5, 5.41) is 7.23. The summed E-state index contributed by atoms with van der Waals surface area (Å²) in [6.07, 6.45) is 0. The Bertz CT molecular complexity index is 513. The summed E-state index contributed by atoms with van der Waals surface area (Å²) in [6, 6.07) is 2.15. The van der Waals surface area contributed by atoms with Crippen LogP contribution < -0.4 is 0 Å². The van der Waals surface area contributed by atoms with E-state index >= 15 is 0 Å². The predicted octanol–water partition coefficient (Wildman–Crippen LogP) is 2.93. The van der Waals surface area contributed by atoms with E-state index in [0.29, 0.717) is 9.46 Å². The zero-order valence-corrected chi connectivity index (χ0v) is 9.75. The van der Waals surface area contributed by atoms with E-state index < -0.39 is 11.6 Å². The van der Waals surface area contributed by atoms with Crippen LogP contribution in [0.3, 0.4) is 0 Å². The molecule has 0 aliphatic heterocycles. The van der Waals surface area contributed by atoms with Crippen LogP contribution in [0.4, 0.5) is 8.78 Å². The van der Waals surface area contributed by atoms with Gasteiger partial charge in [-0.25, -0.2) is 8.78 Å². The van der Waals surface area contributed by atoms with Crippen molar-refractivity contribution in [2.24, 2.45) is 0 Å². The van der Waals surface area contributed by atoms with Gasteiger partial charge in [0.15, 0.2) is 0 Å². The minimum Gasteiger partial charge on any atom is -0.412 e. The van der Waals surface area contributed by atoms with Gasteiger partial charge in [0.2, 0.25) is 0 Å². The number of halogens is 3. The monoisotopic (exact) mass is 322 g/mol. The minimum atomic E-state index is -0.710. The SMILES string of the molecule is Cc1cc(-c2nnc(I)o2)c(F)cc1F. The third-order valence-electron chi connectivity index (χ3n) is 1.88. The Morgan fingerprint density at radius 1 is 1.20 bits per heavy atom. The van der Waals surface area contributed by atoms with E-state index in [1.807, 2.05) is 22.6 Å². The summed E-state index contributed by atoms with van der Waals surface area (Å²) >= 11 is 1.82. The molecule has 1 aromatic carbocycles. The Morgan fingerprint density at radius 3 is 2.53 bits per heavy atom. The van der Waals surface area contributed by atoms with Crippen LogP contribution in [-0.2, 0) is 0 Å². The summed E-state index contributed by atoms with van der Waals surface area (Å²) in [7, 11) is 0. The highest BCUT2D eigenvalue weighted by Gasteiger charge is 2.14. The minimum absolute atomic E-state index is 0.0556. The Morgan fingerprint density at radius 2 is 1.93 bits per heavy atom. The molecular weight excluding hydrogens is 317 g/mol. The molecule has 0 aliphatic rings. The normalized spacial score (nSPS) is 10.7. The van der Waals surface area contributed by atoms with Crippen LogP contribution >= 0.6 is 22.6 Å². The lowest BCUT2D eigenvalue weighted by molar-refractivity contribution is 0.526. The summed E-state index contributed by atoms with van der Waals surface area (Å²) in [5.41, 5.74) is 0.448. The molecule has 0 amide bonds. The van der Waals surface area contributed by atoms with Crippen molar-refractivity contribution in [2.45, 2.75) is 6.92 Å². The van der Waals surface area contributed by atoms with Crippen molar-refractivity contribution in [3.8, 4) is 11.5 Å². The third-order valence-corrected chi connectivity index (χ3v) is 2.32. The van der Waals surface area contributed by atoms with Gasteiger partial charge in [-0.3, -0.25) is 0 Å². The molecule has 0 spiro atoms. The van der Waals surface area contributed by atoms with Crippen LogP contribution in [-0.4, -0.2) is 10.2 Å². The van der Waals surface area contributed by atoms with Gasteiger partial charge in [-0.05, 0) is 18.6 Å². The molecule has 0 bridgehead atoms. The van der Waals surface area contributed by atoms with Gasteiger partial charge in [-0.15, -0.1) is 10.2 Å². The van der Waals surface area contributed by atoms with Gasteiger partial charge in [-0.2, -0.15) is 0 Å². The molecule has 6 heteroatoms. The van der Waals surface area contributed by atoms with Crippen molar-refractivity contribution in [1.29, 1.82) is 0 Å². The summed E-state index contributed by atoms with van der Waals surface area (Å²) < 4.78 is 31.7. The van der Waals surface area contributed by atoms with Crippen molar-refractivity contribution in [2.75, 3.05) is 0 Å². The predicted molar refractivity (Wildman–Crippen MR) is 57.1 cm³/mol. The first-order valence-corrected chi connectivity index (χ1v) is 5.11. The first-order valence-electron chi connectivity index (χ1n) is 4.03. The van der Waals surface area contributed by atoms with Gasteiger partial charge in [-0.1, -0.05) is 0 Å². The molecule has 0 saturated heterocycles. The van der Waals surface area contributed by atoms with Crippen molar-refractivity contribution < 1.29 is 13.2 Å². The fourth-order valence-corrected chi connectivity index (χ4v) is 1.45. The second kappa shape index (κ2) is 3.84. The molecule has 15 heavy (non-hydrogen) atoms. The fourth-order valence-electron chi connectivity index (χ4n) is 1.14. The summed E-state index contributed by atoms with van der Waals surface area (Å²) in [5.74, 6) is -1.25. The maximum atomic E-state index is 13.4. The standard InChI is InChI=1S/C9H5F2IN2O/c1-4-2-5(7(11)3-6(4)10)8-13-14-9(12)15-8/h2-3H,1H3. The van der Waals surface area contributed by atoms with E-state index in [2.05, 4.69) is 10.2 Å².